The first kappa shape index (κ1) is 19.4. The minimum absolute atomic E-state index is 0.0914. The van der Waals surface area contributed by atoms with Crippen LogP contribution in [-0.4, -0.2) is 20.9 Å². The lowest BCUT2D eigenvalue weighted by molar-refractivity contribution is 0.0956. The first-order chi connectivity index (χ1) is 13.8. The highest BCUT2D eigenvalue weighted by Gasteiger charge is 2.28. The third-order valence-corrected chi connectivity index (χ3v) is 5.97. The number of carbonyl (C=O) groups excluding carboxylic acids is 1. The number of hydrogen-bond donors (Lipinski definition) is 1. The zero-order valence-electron chi connectivity index (χ0n) is 15.4. The molecule has 0 aliphatic heterocycles. The SMILES string of the molecule is CCOc1cc(F)ccc1S(=O)(=O)NC(=O)c1cc2c(F)cc(C3CC3)cc2o1. The standard InChI is InChI=1S/C20H17F2NO5S/c1-2-27-17-9-13(21)5-6-19(17)29(25,26)23-20(24)18-10-14-15(22)7-12(11-3-4-11)8-16(14)28-18/h5-11H,2-4H2,1H3,(H,23,24). The molecule has 1 amide bonds. The smallest absolute Gasteiger partial charge is 0.300 e. The van der Waals surface area contributed by atoms with Gasteiger partial charge in [0.2, 0.25) is 0 Å². The highest BCUT2D eigenvalue weighted by atomic mass is 32.2. The molecule has 3 aromatic rings. The predicted octanol–water partition coefficient (Wildman–Crippen LogP) is 4.11. The van der Waals surface area contributed by atoms with Crippen LogP contribution in [-0.2, 0) is 10.0 Å². The number of sulfonamides is 1. The zero-order valence-corrected chi connectivity index (χ0v) is 16.2. The fraction of sp³-hybridized carbons (Fsp3) is 0.250. The van der Waals surface area contributed by atoms with E-state index in [0.29, 0.717) is 0 Å². The van der Waals surface area contributed by atoms with Crippen LogP contribution < -0.4 is 9.46 Å². The topological polar surface area (TPSA) is 85.6 Å². The van der Waals surface area contributed by atoms with Gasteiger partial charge in [0.15, 0.2) is 5.76 Å². The molecule has 0 saturated heterocycles. The maximum atomic E-state index is 14.3. The summed E-state index contributed by atoms with van der Waals surface area (Å²) in [6.45, 7) is 1.71. The van der Waals surface area contributed by atoms with Crippen LogP contribution >= 0.6 is 0 Å². The molecule has 6 nitrogen and oxygen atoms in total. The summed E-state index contributed by atoms with van der Waals surface area (Å²) in [5.41, 5.74) is 0.961. The fourth-order valence-electron chi connectivity index (χ4n) is 3.08. The largest absolute Gasteiger partial charge is 0.492 e. The van der Waals surface area contributed by atoms with Gasteiger partial charge in [-0.25, -0.2) is 21.9 Å². The van der Waals surface area contributed by atoms with E-state index in [1.165, 1.54) is 6.07 Å². The van der Waals surface area contributed by atoms with Gasteiger partial charge in [0, 0.05) is 12.1 Å². The summed E-state index contributed by atoms with van der Waals surface area (Å²) in [6, 6.07) is 7.07. The van der Waals surface area contributed by atoms with E-state index in [9.17, 15) is 22.0 Å². The Hall–Kier alpha value is -2.94. The van der Waals surface area contributed by atoms with Gasteiger partial charge in [-0.15, -0.1) is 0 Å². The summed E-state index contributed by atoms with van der Waals surface area (Å²) < 4.78 is 65.4. The maximum Gasteiger partial charge on any atom is 0.300 e. The maximum absolute atomic E-state index is 14.3. The number of carbonyl (C=O) groups is 1. The molecule has 2 aromatic carbocycles. The van der Waals surface area contributed by atoms with E-state index in [4.69, 9.17) is 9.15 Å². The van der Waals surface area contributed by atoms with Gasteiger partial charge in [0.05, 0.1) is 12.0 Å². The number of hydrogen-bond acceptors (Lipinski definition) is 5. The van der Waals surface area contributed by atoms with E-state index < -0.39 is 32.5 Å². The van der Waals surface area contributed by atoms with Crippen LogP contribution in [0.5, 0.6) is 5.75 Å². The van der Waals surface area contributed by atoms with E-state index in [-0.39, 0.29) is 35.0 Å². The molecule has 1 aliphatic carbocycles. The van der Waals surface area contributed by atoms with Crippen LogP contribution in [0.3, 0.4) is 0 Å². The molecule has 152 valence electrons. The number of ether oxygens (including phenoxy) is 1. The van der Waals surface area contributed by atoms with Crippen molar-refractivity contribution in [1.82, 2.24) is 4.72 Å². The second-order valence-corrected chi connectivity index (χ2v) is 8.41. The molecular weight excluding hydrogens is 404 g/mol. The molecule has 1 aliphatic rings. The summed E-state index contributed by atoms with van der Waals surface area (Å²) in [5, 5.41) is 0.0914. The Morgan fingerprint density at radius 3 is 2.66 bits per heavy atom. The van der Waals surface area contributed by atoms with E-state index in [1.807, 2.05) is 4.72 Å². The molecule has 1 saturated carbocycles. The van der Waals surface area contributed by atoms with Gasteiger partial charge in [-0.05, 0) is 55.5 Å². The molecule has 0 atom stereocenters. The van der Waals surface area contributed by atoms with E-state index in [0.717, 1.165) is 42.7 Å². The number of benzene rings is 2. The van der Waals surface area contributed by atoms with Crippen molar-refractivity contribution in [2.45, 2.75) is 30.6 Å². The predicted molar refractivity (Wildman–Crippen MR) is 100 cm³/mol. The van der Waals surface area contributed by atoms with Crippen molar-refractivity contribution in [3.05, 3.63) is 59.4 Å². The lowest BCUT2D eigenvalue weighted by atomic mass is 10.1. The average Bonchev–Trinajstić information content (AvgIpc) is 3.40. The van der Waals surface area contributed by atoms with Crippen LogP contribution in [0.4, 0.5) is 8.78 Å². The molecule has 1 N–H and O–H groups in total. The minimum atomic E-state index is -4.38. The van der Waals surface area contributed by atoms with Crippen molar-refractivity contribution < 1.29 is 31.1 Å². The molecule has 1 heterocycles. The summed E-state index contributed by atoms with van der Waals surface area (Å²) in [5.74, 6) is -2.58. The van der Waals surface area contributed by atoms with Crippen molar-refractivity contribution in [3.8, 4) is 5.75 Å². The molecule has 0 radical (unpaired) electrons. The van der Waals surface area contributed by atoms with E-state index >= 15 is 0 Å². The fourth-order valence-corrected chi connectivity index (χ4v) is 4.16. The van der Waals surface area contributed by atoms with Gasteiger partial charge < -0.3 is 9.15 Å². The first-order valence-electron chi connectivity index (χ1n) is 9.01. The second-order valence-electron chi connectivity index (χ2n) is 6.76. The highest BCUT2D eigenvalue weighted by Crippen LogP contribution is 2.41. The average molecular weight is 421 g/mol. The van der Waals surface area contributed by atoms with Crippen molar-refractivity contribution in [2.24, 2.45) is 0 Å². The number of rotatable bonds is 6. The first-order valence-corrected chi connectivity index (χ1v) is 10.5. The van der Waals surface area contributed by atoms with Crippen LogP contribution in [0, 0.1) is 11.6 Å². The van der Waals surface area contributed by atoms with E-state index in [2.05, 4.69) is 0 Å². The Balaban J connectivity index is 1.64. The molecule has 9 heteroatoms. The number of furan rings is 1. The highest BCUT2D eigenvalue weighted by molar-refractivity contribution is 7.90. The third-order valence-electron chi connectivity index (χ3n) is 4.60. The number of halogens is 2. The number of amides is 1. The Kier molecular flexibility index (Phi) is 4.77. The second kappa shape index (κ2) is 7.14. The van der Waals surface area contributed by atoms with Gasteiger partial charge in [-0.3, -0.25) is 4.79 Å². The minimum Gasteiger partial charge on any atom is -0.492 e. The summed E-state index contributed by atoms with van der Waals surface area (Å²) in [4.78, 5) is 12.1. The lowest BCUT2D eigenvalue weighted by Crippen LogP contribution is -2.30. The molecule has 4 rings (SSSR count). The van der Waals surface area contributed by atoms with Crippen LogP contribution in [0.25, 0.3) is 11.0 Å². The lowest BCUT2D eigenvalue weighted by Gasteiger charge is -2.11. The Labute approximate surface area is 165 Å². The summed E-state index contributed by atoms with van der Waals surface area (Å²) in [6.07, 6.45) is 1.94. The normalized spacial score (nSPS) is 14.2. The molecule has 0 bridgehead atoms. The van der Waals surface area contributed by atoms with Gasteiger partial charge in [-0.1, -0.05) is 0 Å². The van der Waals surface area contributed by atoms with E-state index in [1.54, 1.807) is 13.0 Å². The summed E-state index contributed by atoms with van der Waals surface area (Å²) in [7, 11) is -4.38. The molecule has 0 spiro atoms. The van der Waals surface area contributed by atoms with Crippen molar-refractivity contribution in [2.75, 3.05) is 6.61 Å². The van der Waals surface area contributed by atoms with Gasteiger partial charge >= 0.3 is 5.91 Å². The monoisotopic (exact) mass is 421 g/mol. The summed E-state index contributed by atoms with van der Waals surface area (Å²) >= 11 is 0. The molecule has 1 aromatic heterocycles. The van der Waals surface area contributed by atoms with Gasteiger partial charge in [0.1, 0.15) is 27.9 Å². The van der Waals surface area contributed by atoms with Crippen LogP contribution in [0.1, 0.15) is 41.8 Å². The molecule has 29 heavy (non-hydrogen) atoms. The molecular formula is C20H17F2NO5S. The van der Waals surface area contributed by atoms with Gasteiger partial charge in [-0.2, -0.15) is 0 Å². The molecule has 1 fully saturated rings. The molecule has 0 unspecified atom stereocenters. The van der Waals surface area contributed by atoms with Gasteiger partial charge in [0.25, 0.3) is 10.0 Å². The Morgan fingerprint density at radius 2 is 1.97 bits per heavy atom. The number of fused-ring (bicyclic) bond motifs is 1. The number of nitrogens with one attached hydrogen (secondary N) is 1. The van der Waals surface area contributed by atoms with Crippen molar-refractivity contribution in [1.29, 1.82) is 0 Å². The van der Waals surface area contributed by atoms with Crippen LogP contribution in [0.2, 0.25) is 0 Å². The Morgan fingerprint density at radius 1 is 1.21 bits per heavy atom. The Bertz CT molecular complexity index is 1220. The van der Waals surface area contributed by atoms with Crippen LogP contribution in [0.15, 0.2) is 45.7 Å². The van der Waals surface area contributed by atoms with Crippen molar-refractivity contribution >= 4 is 26.9 Å². The van der Waals surface area contributed by atoms with Crippen molar-refractivity contribution in [3.63, 3.8) is 0 Å². The quantitative estimate of drug-likeness (QED) is 0.648. The zero-order chi connectivity index (χ0) is 20.8. The third kappa shape index (κ3) is 3.82.